The summed E-state index contributed by atoms with van der Waals surface area (Å²) in [4.78, 5) is 0. The average Bonchev–Trinajstić information content (AvgIpc) is 2.75. The molecule has 1 aliphatic heterocycles. The maximum atomic E-state index is 12.7. The van der Waals surface area contributed by atoms with E-state index < -0.39 is 11.6 Å². The van der Waals surface area contributed by atoms with Crippen LogP contribution in [0.3, 0.4) is 0 Å². The largest absolute Gasteiger partial charge is 0.304 e. The summed E-state index contributed by atoms with van der Waals surface area (Å²) >= 11 is 0. The third-order valence-corrected chi connectivity index (χ3v) is 2.26. The second-order valence-electron chi connectivity index (χ2n) is 3.31. The van der Waals surface area contributed by atoms with Crippen molar-refractivity contribution >= 4 is 0 Å². The van der Waals surface area contributed by atoms with E-state index in [1.807, 2.05) is 6.92 Å². The molecule has 2 rings (SSSR count). The van der Waals surface area contributed by atoms with E-state index in [0.29, 0.717) is 0 Å². The van der Waals surface area contributed by atoms with Crippen molar-refractivity contribution in [2.75, 3.05) is 6.54 Å². The molecule has 1 atom stereocenters. The molecular formula is C9H9F2N. The van der Waals surface area contributed by atoms with Crippen LogP contribution in [0, 0.1) is 11.6 Å². The highest BCUT2D eigenvalue weighted by molar-refractivity contribution is 5.30. The molecule has 0 amide bonds. The monoisotopic (exact) mass is 169 g/mol. The molecule has 0 aromatic heterocycles. The summed E-state index contributed by atoms with van der Waals surface area (Å²) in [6.07, 6.45) is 0. The topological polar surface area (TPSA) is 21.9 Å². The number of benzene rings is 1. The van der Waals surface area contributed by atoms with Crippen LogP contribution in [-0.2, 0) is 5.54 Å². The predicted octanol–water partition coefficient (Wildman–Crippen LogP) is 1.78. The second kappa shape index (κ2) is 2.26. The standard InChI is InChI=1S/C9H9F2N/c1-9(5-12-9)6-2-3-7(10)8(11)4-6/h2-4,12H,5H2,1H3. The van der Waals surface area contributed by atoms with E-state index in [0.717, 1.165) is 18.2 Å². The van der Waals surface area contributed by atoms with Gasteiger partial charge in [0.05, 0.1) is 5.54 Å². The van der Waals surface area contributed by atoms with Gasteiger partial charge in [0.15, 0.2) is 11.6 Å². The SMILES string of the molecule is CC1(c2ccc(F)c(F)c2)CN1. The van der Waals surface area contributed by atoms with Crippen LogP contribution in [0.4, 0.5) is 8.78 Å². The Morgan fingerprint density at radius 2 is 2.00 bits per heavy atom. The molecule has 0 saturated carbocycles. The summed E-state index contributed by atoms with van der Waals surface area (Å²) in [7, 11) is 0. The molecule has 0 spiro atoms. The van der Waals surface area contributed by atoms with E-state index in [2.05, 4.69) is 5.32 Å². The Kier molecular flexibility index (Phi) is 1.45. The van der Waals surface area contributed by atoms with E-state index in [1.54, 1.807) is 6.07 Å². The van der Waals surface area contributed by atoms with Crippen molar-refractivity contribution in [1.82, 2.24) is 5.32 Å². The first kappa shape index (κ1) is 7.68. The smallest absolute Gasteiger partial charge is 0.159 e. The summed E-state index contributed by atoms with van der Waals surface area (Å²) in [6.45, 7) is 2.79. The van der Waals surface area contributed by atoms with Gasteiger partial charge in [-0.1, -0.05) is 6.07 Å². The van der Waals surface area contributed by atoms with E-state index in [1.165, 1.54) is 6.07 Å². The van der Waals surface area contributed by atoms with Crippen LogP contribution < -0.4 is 5.32 Å². The van der Waals surface area contributed by atoms with Crippen molar-refractivity contribution in [3.8, 4) is 0 Å². The zero-order valence-electron chi connectivity index (χ0n) is 6.70. The Balaban J connectivity index is 2.41. The first-order valence-electron chi connectivity index (χ1n) is 3.82. The fourth-order valence-electron chi connectivity index (χ4n) is 1.18. The fourth-order valence-corrected chi connectivity index (χ4v) is 1.18. The number of halogens is 2. The third-order valence-electron chi connectivity index (χ3n) is 2.26. The van der Waals surface area contributed by atoms with Gasteiger partial charge in [-0.25, -0.2) is 8.78 Å². The van der Waals surface area contributed by atoms with Crippen LogP contribution >= 0.6 is 0 Å². The zero-order valence-corrected chi connectivity index (χ0v) is 6.70. The molecule has 1 aromatic carbocycles. The van der Waals surface area contributed by atoms with Crippen LogP contribution in [0.5, 0.6) is 0 Å². The van der Waals surface area contributed by atoms with Crippen molar-refractivity contribution in [2.45, 2.75) is 12.5 Å². The zero-order chi connectivity index (χ0) is 8.77. The van der Waals surface area contributed by atoms with E-state index in [9.17, 15) is 8.78 Å². The molecule has 0 radical (unpaired) electrons. The van der Waals surface area contributed by atoms with Gasteiger partial charge >= 0.3 is 0 Å². The Morgan fingerprint density at radius 1 is 1.33 bits per heavy atom. The van der Waals surface area contributed by atoms with Gasteiger partial charge in [0.25, 0.3) is 0 Å². The second-order valence-corrected chi connectivity index (χ2v) is 3.31. The highest BCUT2D eigenvalue weighted by atomic mass is 19.2. The van der Waals surface area contributed by atoms with Crippen molar-refractivity contribution in [3.63, 3.8) is 0 Å². The Morgan fingerprint density at radius 3 is 2.50 bits per heavy atom. The van der Waals surface area contributed by atoms with Crippen molar-refractivity contribution in [2.24, 2.45) is 0 Å². The molecule has 64 valence electrons. The molecular weight excluding hydrogens is 160 g/mol. The minimum atomic E-state index is -0.789. The van der Waals surface area contributed by atoms with Crippen molar-refractivity contribution in [3.05, 3.63) is 35.4 Å². The van der Waals surface area contributed by atoms with Crippen molar-refractivity contribution < 1.29 is 8.78 Å². The Labute approximate surface area is 69.4 Å². The molecule has 1 N–H and O–H groups in total. The molecule has 12 heavy (non-hydrogen) atoms. The van der Waals surface area contributed by atoms with Crippen LogP contribution in [0.2, 0.25) is 0 Å². The van der Waals surface area contributed by atoms with E-state index >= 15 is 0 Å². The summed E-state index contributed by atoms with van der Waals surface area (Å²) < 4.78 is 25.2. The minimum Gasteiger partial charge on any atom is -0.304 e. The van der Waals surface area contributed by atoms with Gasteiger partial charge in [0.1, 0.15) is 0 Å². The van der Waals surface area contributed by atoms with Gasteiger partial charge in [-0.05, 0) is 24.6 Å². The van der Waals surface area contributed by atoms with Crippen LogP contribution in [0.15, 0.2) is 18.2 Å². The maximum absolute atomic E-state index is 12.7. The molecule has 1 heterocycles. The number of rotatable bonds is 1. The summed E-state index contributed by atoms with van der Waals surface area (Å²) in [6, 6.07) is 4.02. The molecule has 3 heteroatoms. The van der Waals surface area contributed by atoms with Gasteiger partial charge < -0.3 is 5.32 Å². The van der Waals surface area contributed by atoms with Crippen LogP contribution in [0.25, 0.3) is 0 Å². The minimum absolute atomic E-state index is 0.130. The number of nitrogens with one attached hydrogen (secondary N) is 1. The third kappa shape index (κ3) is 1.10. The highest BCUT2D eigenvalue weighted by Crippen LogP contribution is 2.30. The van der Waals surface area contributed by atoms with Gasteiger partial charge in [-0.2, -0.15) is 0 Å². The lowest BCUT2D eigenvalue weighted by atomic mass is 10.0. The molecule has 1 aliphatic rings. The predicted molar refractivity (Wildman–Crippen MR) is 41.7 cm³/mol. The summed E-state index contributed by atoms with van der Waals surface area (Å²) in [5, 5.41) is 3.08. The van der Waals surface area contributed by atoms with Gasteiger partial charge in [0.2, 0.25) is 0 Å². The molecule has 1 unspecified atom stereocenters. The number of hydrogen-bond donors (Lipinski definition) is 1. The summed E-state index contributed by atoms with van der Waals surface area (Å²) in [5.74, 6) is -1.56. The average molecular weight is 169 g/mol. The lowest BCUT2D eigenvalue weighted by Gasteiger charge is -2.06. The first-order chi connectivity index (χ1) is 5.62. The molecule has 1 aromatic rings. The molecule has 0 aliphatic carbocycles. The summed E-state index contributed by atoms with van der Waals surface area (Å²) in [5.41, 5.74) is 0.676. The van der Waals surface area contributed by atoms with Crippen LogP contribution in [-0.4, -0.2) is 6.54 Å². The molecule has 0 bridgehead atoms. The lowest BCUT2D eigenvalue weighted by molar-refractivity contribution is 0.505. The highest BCUT2D eigenvalue weighted by Gasteiger charge is 2.38. The van der Waals surface area contributed by atoms with Crippen molar-refractivity contribution in [1.29, 1.82) is 0 Å². The fraction of sp³-hybridized carbons (Fsp3) is 0.333. The number of hydrogen-bond acceptors (Lipinski definition) is 1. The van der Waals surface area contributed by atoms with Gasteiger partial charge in [0, 0.05) is 6.54 Å². The molecule has 1 fully saturated rings. The Hall–Kier alpha value is -0.960. The van der Waals surface area contributed by atoms with Gasteiger partial charge in [-0.15, -0.1) is 0 Å². The lowest BCUT2D eigenvalue weighted by Crippen LogP contribution is -2.07. The van der Waals surface area contributed by atoms with E-state index in [4.69, 9.17) is 0 Å². The maximum Gasteiger partial charge on any atom is 0.159 e. The quantitative estimate of drug-likeness (QED) is 0.636. The molecule has 1 nitrogen and oxygen atoms in total. The Bertz CT molecular complexity index is 318. The van der Waals surface area contributed by atoms with Crippen LogP contribution in [0.1, 0.15) is 12.5 Å². The molecule has 1 saturated heterocycles. The normalized spacial score (nSPS) is 27.2. The van der Waals surface area contributed by atoms with Gasteiger partial charge in [-0.3, -0.25) is 0 Å². The first-order valence-corrected chi connectivity index (χ1v) is 3.82. The van der Waals surface area contributed by atoms with E-state index in [-0.39, 0.29) is 5.54 Å².